The van der Waals surface area contributed by atoms with Crippen LogP contribution in [-0.2, 0) is 6.18 Å². The van der Waals surface area contributed by atoms with Gasteiger partial charge in [-0.1, -0.05) is 12.1 Å². The third kappa shape index (κ3) is 4.23. The van der Waals surface area contributed by atoms with Crippen LogP contribution in [0.3, 0.4) is 0 Å². The van der Waals surface area contributed by atoms with E-state index in [1.165, 1.54) is 18.2 Å². The first-order chi connectivity index (χ1) is 13.9. The normalized spacial score (nSPS) is 15.5. The fraction of sp³-hybridized carbons (Fsp3) is 0.333. The van der Waals surface area contributed by atoms with Gasteiger partial charge in [0.15, 0.2) is 11.5 Å². The number of benzene rings is 1. The van der Waals surface area contributed by atoms with Crippen LogP contribution < -0.4 is 15.4 Å². The van der Waals surface area contributed by atoms with Gasteiger partial charge in [0.05, 0.1) is 5.56 Å². The second-order valence-corrected chi connectivity index (χ2v) is 6.49. The number of rotatable bonds is 4. The van der Waals surface area contributed by atoms with Crippen LogP contribution in [0.15, 0.2) is 45.6 Å². The largest absolute Gasteiger partial charge is 0.490 e. The molecule has 0 spiro atoms. The second kappa shape index (κ2) is 7.57. The molecule has 0 radical (unpaired) electrons. The fourth-order valence-corrected chi connectivity index (χ4v) is 3.13. The van der Waals surface area contributed by atoms with Crippen LogP contribution >= 0.6 is 0 Å². The number of nitrogens with zero attached hydrogens (tertiary/aromatic N) is 4. The van der Waals surface area contributed by atoms with Crippen molar-refractivity contribution in [3.63, 3.8) is 0 Å². The number of ether oxygens (including phenoxy) is 1. The fourth-order valence-electron chi connectivity index (χ4n) is 3.13. The van der Waals surface area contributed by atoms with Crippen molar-refractivity contribution in [2.75, 3.05) is 18.0 Å². The Bertz CT molecular complexity index is 1020. The maximum Gasteiger partial charge on any atom is 0.434 e. The minimum Gasteiger partial charge on any atom is -0.490 e. The zero-order valence-corrected chi connectivity index (χ0v) is 15.0. The molecule has 1 aliphatic heterocycles. The first-order valence-corrected chi connectivity index (χ1v) is 8.87. The summed E-state index contributed by atoms with van der Waals surface area (Å²) in [6.07, 6.45) is -3.68. The van der Waals surface area contributed by atoms with E-state index >= 15 is 0 Å². The van der Waals surface area contributed by atoms with Gasteiger partial charge in [-0.2, -0.15) is 13.2 Å². The maximum atomic E-state index is 13.1. The molecule has 0 bridgehead atoms. The standard InChI is InChI=1S/C18H16F3N5O3/c19-18(20,21)12-3-1-2-4-14(12)28-11-7-9-26(10-8-11)15-6-5-13(22-23-15)16-24-25-17(27)29-16/h1-6,11H,7-10H2,(H,25,27). The Morgan fingerprint density at radius 3 is 2.48 bits per heavy atom. The molecular weight excluding hydrogens is 391 g/mol. The second-order valence-electron chi connectivity index (χ2n) is 6.49. The van der Waals surface area contributed by atoms with Crippen LogP contribution in [0.25, 0.3) is 11.6 Å². The SMILES string of the molecule is O=c1[nH]nc(-c2ccc(N3CCC(Oc4ccccc4C(F)(F)F)CC3)nn2)o1. The van der Waals surface area contributed by atoms with Crippen LogP contribution in [0, 0.1) is 0 Å². The van der Waals surface area contributed by atoms with Gasteiger partial charge in [-0.25, -0.2) is 9.89 Å². The lowest BCUT2D eigenvalue weighted by molar-refractivity contribution is -0.139. The minimum absolute atomic E-state index is 0.0458. The molecule has 0 atom stereocenters. The lowest BCUT2D eigenvalue weighted by Crippen LogP contribution is -2.39. The molecular formula is C18H16F3N5O3. The number of para-hydroxylation sites is 1. The zero-order chi connectivity index (χ0) is 20.4. The summed E-state index contributed by atoms with van der Waals surface area (Å²) in [6.45, 7) is 1.12. The number of hydrogen-bond acceptors (Lipinski definition) is 7. The molecule has 3 heterocycles. The molecule has 0 aliphatic carbocycles. The Balaban J connectivity index is 1.38. The van der Waals surface area contributed by atoms with Crippen LogP contribution in [-0.4, -0.2) is 39.6 Å². The number of aromatic amines is 1. The van der Waals surface area contributed by atoms with Crippen molar-refractivity contribution in [1.29, 1.82) is 0 Å². The zero-order valence-electron chi connectivity index (χ0n) is 15.0. The monoisotopic (exact) mass is 407 g/mol. The Hall–Kier alpha value is -3.37. The van der Waals surface area contributed by atoms with Crippen molar-refractivity contribution in [2.45, 2.75) is 25.1 Å². The summed E-state index contributed by atoms with van der Waals surface area (Å²) in [5, 5.41) is 13.9. The summed E-state index contributed by atoms with van der Waals surface area (Å²) < 4.78 is 49.8. The molecule has 11 heteroatoms. The van der Waals surface area contributed by atoms with E-state index in [1.54, 1.807) is 12.1 Å². The van der Waals surface area contributed by atoms with Gasteiger partial charge in [0.1, 0.15) is 11.9 Å². The number of H-pyrrole nitrogens is 1. The van der Waals surface area contributed by atoms with Gasteiger partial charge in [0, 0.05) is 25.9 Å². The van der Waals surface area contributed by atoms with Gasteiger partial charge in [-0.15, -0.1) is 15.3 Å². The minimum atomic E-state index is -4.46. The van der Waals surface area contributed by atoms with Gasteiger partial charge in [-0.05, 0) is 24.3 Å². The highest BCUT2D eigenvalue weighted by Gasteiger charge is 2.35. The van der Waals surface area contributed by atoms with Crippen molar-refractivity contribution in [2.24, 2.45) is 0 Å². The topological polar surface area (TPSA) is 97.1 Å². The van der Waals surface area contributed by atoms with Crippen molar-refractivity contribution in [1.82, 2.24) is 20.4 Å². The predicted octanol–water partition coefficient (Wildman–Crippen LogP) is 2.89. The summed E-state index contributed by atoms with van der Waals surface area (Å²) in [5.74, 6) is -0.173. The summed E-state index contributed by atoms with van der Waals surface area (Å²) in [6, 6.07) is 8.57. The van der Waals surface area contributed by atoms with Gasteiger partial charge >= 0.3 is 11.9 Å². The number of aromatic nitrogens is 4. The molecule has 4 rings (SSSR count). The Labute approximate surface area is 162 Å². The van der Waals surface area contributed by atoms with Crippen molar-refractivity contribution < 1.29 is 22.3 Å². The summed E-state index contributed by atoms with van der Waals surface area (Å²) >= 11 is 0. The quantitative estimate of drug-likeness (QED) is 0.710. The van der Waals surface area contributed by atoms with Crippen molar-refractivity contribution in [3.8, 4) is 17.3 Å². The van der Waals surface area contributed by atoms with E-state index in [2.05, 4.69) is 20.4 Å². The molecule has 1 saturated heterocycles. The number of alkyl halides is 3. The van der Waals surface area contributed by atoms with Crippen LogP contribution in [0.2, 0.25) is 0 Å². The number of anilines is 1. The lowest BCUT2D eigenvalue weighted by atomic mass is 10.1. The van der Waals surface area contributed by atoms with Crippen LogP contribution in [0.5, 0.6) is 5.75 Å². The number of hydrogen-bond donors (Lipinski definition) is 1. The number of piperidine rings is 1. The molecule has 29 heavy (non-hydrogen) atoms. The molecule has 0 unspecified atom stereocenters. The van der Waals surface area contributed by atoms with Crippen LogP contribution in [0.4, 0.5) is 19.0 Å². The van der Waals surface area contributed by atoms with Gasteiger partial charge in [-0.3, -0.25) is 0 Å². The van der Waals surface area contributed by atoms with Crippen molar-refractivity contribution in [3.05, 3.63) is 52.5 Å². The molecule has 0 amide bonds. The summed E-state index contributed by atoms with van der Waals surface area (Å²) in [5.41, 5.74) is -0.456. The lowest BCUT2D eigenvalue weighted by Gasteiger charge is -2.33. The third-order valence-electron chi connectivity index (χ3n) is 4.56. The molecule has 1 aromatic carbocycles. The molecule has 1 fully saturated rings. The Kier molecular flexibility index (Phi) is 4.95. The highest BCUT2D eigenvalue weighted by molar-refractivity contribution is 5.49. The maximum absolute atomic E-state index is 13.1. The van der Waals surface area contributed by atoms with E-state index in [0.717, 1.165) is 6.07 Å². The average molecular weight is 407 g/mol. The van der Waals surface area contributed by atoms with Crippen molar-refractivity contribution >= 4 is 5.82 Å². The molecule has 2 aromatic heterocycles. The van der Waals surface area contributed by atoms with Gasteiger partial charge in [0.25, 0.3) is 5.89 Å². The van der Waals surface area contributed by atoms with E-state index in [1.807, 2.05) is 4.90 Å². The first-order valence-electron chi connectivity index (χ1n) is 8.87. The predicted molar refractivity (Wildman–Crippen MR) is 95.5 cm³/mol. The average Bonchev–Trinajstić information content (AvgIpc) is 3.15. The molecule has 0 saturated carbocycles. The van der Waals surface area contributed by atoms with E-state index in [-0.39, 0.29) is 17.7 Å². The molecule has 1 aliphatic rings. The number of nitrogens with one attached hydrogen (secondary N) is 1. The highest BCUT2D eigenvalue weighted by Crippen LogP contribution is 2.37. The Morgan fingerprint density at radius 1 is 1.10 bits per heavy atom. The van der Waals surface area contributed by atoms with Crippen LogP contribution in [0.1, 0.15) is 18.4 Å². The smallest absolute Gasteiger partial charge is 0.434 e. The van der Waals surface area contributed by atoms with E-state index in [4.69, 9.17) is 9.15 Å². The van der Waals surface area contributed by atoms with Gasteiger partial charge in [0.2, 0.25) is 0 Å². The van der Waals surface area contributed by atoms with Gasteiger partial charge < -0.3 is 14.1 Å². The van der Waals surface area contributed by atoms with E-state index in [9.17, 15) is 18.0 Å². The summed E-state index contributed by atoms with van der Waals surface area (Å²) in [7, 11) is 0. The number of halogens is 3. The van der Waals surface area contributed by atoms with E-state index < -0.39 is 17.5 Å². The first kappa shape index (κ1) is 19.0. The van der Waals surface area contributed by atoms with E-state index in [0.29, 0.717) is 37.4 Å². The summed E-state index contributed by atoms with van der Waals surface area (Å²) in [4.78, 5) is 13.0. The highest BCUT2D eigenvalue weighted by atomic mass is 19.4. The molecule has 3 aromatic rings. The molecule has 152 valence electrons. The molecule has 1 N–H and O–H groups in total. The molecule has 8 nitrogen and oxygen atoms in total. The Morgan fingerprint density at radius 2 is 1.86 bits per heavy atom. The third-order valence-corrected chi connectivity index (χ3v) is 4.56.